The number of benzene rings is 1. The van der Waals surface area contributed by atoms with Crippen LogP contribution >= 0.6 is 11.3 Å². The Balaban J connectivity index is 1.92. The molecule has 0 fully saturated rings. The number of amides is 2. The Hall–Kier alpha value is -2.25. The molecule has 1 aromatic heterocycles. The van der Waals surface area contributed by atoms with Crippen LogP contribution in [0.25, 0.3) is 0 Å². The number of hydrogen-bond acceptors (Lipinski definition) is 5. The SMILES string of the molecule is Cc1ccc(C(=O)Nc2nc(C(=O)NCCN(C)C)cs2)cc1. The van der Waals surface area contributed by atoms with Gasteiger partial charge in [-0.3, -0.25) is 14.9 Å². The second-order valence-corrected chi connectivity index (χ2v) is 6.28. The van der Waals surface area contributed by atoms with Crippen molar-refractivity contribution in [2.75, 3.05) is 32.5 Å². The molecule has 0 radical (unpaired) electrons. The molecule has 2 rings (SSSR count). The highest BCUT2D eigenvalue weighted by atomic mass is 32.1. The van der Waals surface area contributed by atoms with Gasteiger partial charge in [0.05, 0.1) is 0 Å². The zero-order valence-corrected chi connectivity index (χ0v) is 14.2. The topological polar surface area (TPSA) is 74.3 Å². The Bertz CT molecular complexity index is 680. The molecular weight excluding hydrogens is 312 g/mol. The van der Waals surface area contributed by atoms with Gasteiger partial charge in [-0.05, 0) is 33.2 Å². The molecule has 1 aromatic carbocycles. The molecule has 23 heavy (non-hydrogen) atoms. The van der Waals surface area contributed by atoms with E-state index in [0.717, 1.165) is 12.1 Å². The van der Waals surface area contributed by atoms with Gasteiger partial charge in [-0.1, -0.05) is 17.7 Å². The lowest BCUT2D eigenvalue weighted by Crippen LogP contribution is -2.31. The first-order chi connectivity index (χ1) is 11.0. The number of aromatic nitrogens is 1. The number of aryl methyl sites for hydroxylation is 1. The number of carbonyl (C=O) groups is 2. The first-order valence-corrected chi connectivity index (χ1v) is 8.10. The van der Waals surface area contributed by atoms with Crippen LogP contribution in [0.15, 0.2) is 29.6 Å². The Morgan fingerprint density at radius 2 is 1.87 bits per heavy atom. The van der Waals surface area contributed by atoms with Crippen LogP contribution in [0.5, 0.6) is 0 Å². The highest BCUT2D eigenvalue weighted by molar-refractivity contribution is 7.14. The summed E-state index contributed by atoms with van der Waals surface area (Å²) in [7, 11) is 3.88. The molecule has 6 nitrogen and oxygen atoms in total. The van der Waals surface area contributed by atoms with Gasteiger partial charge in [0.2, 0.25) is 0 Å². The standard InChI is InChI=1S/C16H20N4O2S/c1-11-4-6-12(7-5-11)14(21)19-16-18-13(10-23-16)15(22)17-8-9-20(2)3/h4-7,10H,8-9H2,1-3H3,(H,17,22)(H,18,19,21). The molecule has 7 heteroatoms. The molecule has 0 aliphatic rings. The average molecular weight is 332 g/mol. The second-order valence-electron chi connectivity index (χ2n) is 5.42. The molecule has 2 aromatic rings. The van der Waals surface area contributed by atoms with Crippen molar-refractivity contribution in [1.29, 1.82) is 0 Å². The summed E-state index contributed by atoms with van der Waals surface area (Å²) in [4.78, 5) is 30.2. The third-order valence-electron chi connectivity index (χ3n) is 3.12. The van der Waals surface area contributed by atoms with Crippen LogP contribution in [0.3, 0.4) is 0 Å². The van der Waals surface area contributed by atoms with Crippen molar-refractivity contribution >= 4 is 28.3 Å². The van der Waals surface area contributed by atoms with E-state index >= 15 is 0 Å². The molecule has 0 spiro atoms. The van der Waals surface area contributed by atoms with E-state index in [2.05, 4.69) is 15.6 Å². The number of nitrogens with zero attached hydrogens (tertiary/aromatic N) is 2. The molecule has 2 N–H and O–H groups in total. The summed E-state index contributed by atoms with van der Waals surface area (Å²) >= 11 is 1.23. The summed E-state index contributed by atoms with van der Waals surface area (Å²) in [6, 6.07) is 7.26. The monoisotopic (exact) mass is 332 g/mol. The molecule has 0 bridgehead atoms. The van der Waals surface area contributed by atoms with Crippen molar-refractivity contribution in [3.05, 3.63) is 46.5 Å². The number of anilines is 1. The number of rotatable bonds is 6. The zero-order valence-electron chi connectivity index (χ0n) is 13.4. The smallest absolute Gasteiger partial charge is 0.270 e. The van der Waals surface area contributed by atoms with E-state index in [1.54, 1.807) is 17.5 Å². The summed E-state index contributed by atoms with van der Waals surface area (Å²) in [5.41, 5.74) is 1.96. The van der Waals surface area contributed by atoms with E-state index in [1.165, 1.54) is 11.3 Å². The molecule has 1 heterocycles. The predicted molar refractivity (Wildman–Crippen MR) is 92.1 cm³/mol. The number of carbonyl (C=O) groups excluding carboxylic acids is 2. The van der Waals surface area contributed by atoms with Crippen molar-refractivity contribution in [3.8, 4) is 0 Å². The van der Waals surface area contributed by atoms with E-state index in [4.69, 9.17) is 0 Å². The van der Waals surface area contributed by atoms with Crippen LogP contribution in [-0.2, 0) is 0 Å². The number of nitrogens with one attached hydrogen (secondary N) is 2. The van der Waals surface area contributed by atoms with Gasteiger partial charge in [0.25, 0.3) is 11.8 Å². The first kappa shape index (κ1) is 17.1. The zero-order chi connectivity index (χ0) is 16.8. The Morgan fingerprint density at radius 1 is 1.17 bits per heavy atom. The highest BCUT2D eigenvalue weighted by Crippen LogP contribution is 2.16. The van der Waals surface area contributed by atoms with Crippen LogP contribution in [0, 0.1) is 6.92 Å². The Kier molecular flexibility index (Phi) is 5.84. The molecule has 0 saturated heterocycles. The molecule has 2 amide bonds. The lowest BCUT2D eigenvalue weighted by molar-refractivity contribution is 0.0945. The number of likely N-dealkylation sites (N-methyl/N-ethyl adjacent to an activating group) is 1. The van der Waals surface area contributed by atoms with E-state index in [-0.39, 0.29) is 11.8 Å². The number of hydrogen-bond donors (Lipinski definition) is 2. The summed E-state index contributed by atoms with van der Waals surface area (Å²) in [6.45, 7) is 3.27. The predicted octanol–water partition coefficient (Wildman–Crippen LogP) is 2.00. The largest absolute Gasteiger partial charge is 0.349 e. The maximum atomic E-state index is 12.1. The summed E-state index contributed by atoms with van der Waals surface area (Å²) in [6.07, 6.45) is 0. The Labute approximate surface area is 139 Å². The fourth-order valence-corrected chi connectivity index (χ4v) is 2.48. The minimum Gasteiger partial charge on any atom is -0.349 e. The molecule has 0 aliphatic carbocycles. The van der Waals surface area contributed by atoms with E-state index in [0.29, 0.717) is 22.9 Å². The van der Waals surface area contributed by atoms with Gasteiger partial charge >= 0.3 is 0 Å². The van der Waals surface area contributed by atoms with Crippen LogP contribution in [0.2, 0.25) is 0 Å². The van der Waals surface area contributed by atoms with Crippen LogP contribution in [0.4, 0.5) is 5.13 Å². The van der Waals surface area contributed by atoms with Gasteiger partial charge in [-0.2, -0.15) is 0 Å². The van der Waals surface area contributed by atoms with Gasteiger partial charge < -0.3 is 10.2 Å². The quantitative estimate of drug-likeness (QED) is 0.848. The Morgan fingerprint density at radius 3 is 2.52 bits per heavy atom. The maximum Gasteiger partial charge on any atom is 0.270 e. The van der Waals surface area contributed by atoms with Gasteiger partial charge in [-0.15, -0.1) is 11.3 Å². The van der Waals surface area contributed by atoms with Crippen molar-refractivity contribution < 1.29 is 9.59 Å². The highest BCUT2D eigenvalue weighted by Gasteiger charge is 2.13. The van der Waals surface area contributed by atoms with Crippen LogP contribution in [0.1, 0.15) is 26.4 Å². The van der Waals surface area contributed by atoms with Gasteiger partial charge in [-0.25, -0.2) is 4.98 Å². The summed E-state index contributed by atoms with van der Waals surface area (Å²) in [5, 5.41) is 7.54. The fraction of sp³-hybridized carbons (Fsp3) is 0.312. The maximum absolute atomic E-state index is 12.1. The number of thiazole rings is 1. The first-order valence-electron chi connectivity index (χ1n) is 7.22. The van der Waals surface area contributed by atoms with Gasteiger partial charge in [0.15, 0.2) is 5.13 Å². The van der Waals surface area contributed by atoms with Crippen molar-refractivity contribution in [2.45, 2.75) is 6.92 Å². The lowest BCUT2D eigenvalue weighted by atomic mass is 10.1. The molecule has 0 atom stereocenters. The van der Waals surface area contributed by atoms with E-state index in [1.807, 2.05) is 38.1 Å². The second kappa shape index (κ2) is 7.85. The molecule has 122 valence electrons. The molecule has 0 saturated carbocycles. The minimum atomic E-state index is -0.237. The minimum absolute atomic E-state index is 0.237. The lowest BCUT2D eigenvalue weighted by Gasteiger charge is -2.09. The van der Waals surface area contributed by atoms with Crippen LogP contribution in [-0.4, -0.2) is 48.9 Å². The summed E-state index contributed by atoms with van der Waals surface area (Å²) < 4.78 is 0. The molecule has 0 unspecified atom stereocenters. The average Bonchev–Trinajstić information content (AvgIpc) is 2.96. The van der Waals surface area contributed by atoms with Crippen molar-refractivity contribution in [1.82, 2.24) is 15.2 Å². The summed E-state index contributed by atoms with van der Waals surface area (Å²) in [5.74, 6) is -0.474. The van der Waals surface area contributed by atoms with E-state index < -0.39 is 0 Å². The van der Waals surface area contributed by atoms with Gasteiger partial charge in [0.1, 0.15) is 5.69 Å². The fourth-order valence-electron chi connectivity index (χ4n) is 1.79. The van der Waals surface area contributed by atoms with Crippen LogP contribution < -0.4 is 10.6 Å². The third kappa shape index (κ3) is 5.15. The van der Waals surface area contributed by atoms with E-state index in [9.17, 15) is 9.59 Å². The van der Waals surface area contributed by atoms with Crippen molar-refractivity contribution in [3.63, 3.8) is 0 Å². The molecule has 0 aliphatic heterocycles. The molecular formula is C16H20N4O2S. The normalized spacial score (nSPS) is 10.6. The van der Waals surface area contributed by atoms with Crippen molar-refractivity contribution in [2.24, 2.45) is 0 Å². The third-order valence-corrected chi connectivity index (χ3v) is 3.87. The van der Waals surface area contributed by atoms with Gasteiger partial charge in [0, 0.05) is 24.0 Å².